The third-order valence-electron chi connectivity index (χ3n) is 2.59. The van der Waals surface area contributed by atoms with Gasteiger partial charge in [0.25, 0.3) is 0 Å². The molecule has 1 saturated carbocycles. The number of rotatable bonds is 4. The number of carboxylic acid groups (broad SMARTS) is 1. The van der Waals surface area contributed by atoms with Crippen LogP contribution in [-0.2, 0) is 0 Å². The van der Waals surface area contributed by atoms with Crippen molar-refractivity contribution in [3.05, 3.63) is 23.5 Å². The monoisotopic (exact) mass is 221 g/mol. The minimum Gasteiger partial charge on any atom is -0.489 e. The average molecular weight is 221 g/mol. The van der Waals surface area contributed by atoms with Crippen molar-refractivity contribution in [1.82, 2.24) is 4.98 Å². The molecule has 0 spiro atoms. The second-order valence-electron chi connectivity index (χ2n) is 4.38. The van der Waals surface area contributed by atoms with Crippen LogP contribution in [0.25, 0.3) is 0 Å². The fourth-order valence-electron chi connectivity index (χ4n) is 1.51. The predicted molar refractivity (Wildman–Crippen MR) is 58.9 cm³/mol. The molecule has 0 radical (unpaired) electrons. The fourth-order valence-corrected chi connectivity index (χ4v) is 1.51. The lowest BCUT2D eigenvalue weighted by atomic mass is 10.0. The molecule has 4 nitrogen and oxygen atoms in total. The zero-order chi connectivity index (χ0) is 11.7. The van der Waals surface area contributed by atoms with E-state index in [-0.39, 0.29) is 17.6 Å². The Morgan fingerprint density at radius 2 is 2.19 bits per heavy atom. The zero-order valence-electron chi connectivity index (χ0n) is 9.43. The van der Waals surface area contributed by atoms with Crippen LogP contribution in [0.5, 0.6) is 5.75 Å². The molecule has 0 amide bonds. The van der Waals surface area contributed by atoms with Gasteiger partial charge in [-0.1, -0.05) is 13.8 Å². The molecule has 0 aliphatic heterocycles. The Bertz CT molecular complexity index is 411. The maximum atomic E-state index is 11.1. The summed E-state index contributed by atoms with van der Waals surface area (Å²) in [5.41, 5.74) is 1.03. The third-order valence-corrected chi connectivity index (χ3v) is 2.59. The number of aromatic carboxylic acids is 1. The lowest BCUT2D eigenvalue weighted by Crippen LogP contribution is -2.09. The first-order valence-corrected chi connectivity index (χ1v) is 5.47. The van der Waals surface area contributed by atoms with E-state index in [0.717, 1.165) is 18.4 Å². The first-order valence-electron chi connectivity index (χ1n) is 5.47. The Hall–Kier alpha value is -1.58. The van der Waals surface area contributed by atoms with Crippen LogP contribution in [0.1, 0.15) is 48.5 Å². The summed E-state index contributed by atoms with van der Waals surface area (Å²) >= 11 is 0. The summed E-state index contributed by atoms with van der Waals surface area (Å²) in [5, 5.41) is 9.09. The van der Waals surface area contributed by atoms with Crippen LogP contribution >= 0.6 is 0 Å². The van der Waals surface area contributed by atoms with Crippen molar-refractivity contribution in [2.24, 2.45) is 0 Å². The van der Waals surface area contributed by atoms with Gasteiger partial charge in [-0.3, -0.25) is 4.98 Å². The summed E-state index contributed by atoms with van der Waals surface area (Å²) in [6, 6.07) is 0. The van der Waals surface area contributed by atoms with Gasteiger partial charge in [0.05, 0.1) is 6.10 Å². The van der Waals surface area contributed by atoms with E-state index >= 15 is 0 Å². The Labute approximate surface area is 94.3 Å². The summed E-state index contributed by atoms with van der Waals surface area (Å²) in [6.07, 6.45) is 5.26. The van der Waals surface area contributed by atoms with Gasteiger partial charge in [-0.2, -0.15) is 0 Å². The molecule has 4 heteroatoms. The topological polar surface area (TPSA) is 59.4 Å². The zero-order valence-corrected chi connectivity index (χ0v) is 9.43. The molecular weight excluding hydrogens is 206 g/mol. The van der Waals surface area contributed by atoms with Gasteiger partial charge in [0.15, 0.2) is 0 Å². The summed E-state index contributed by atoms with van der Waals surface area (Å²) < 4.78 is 5.69. The van der Waals surface area contributed by atoms with Gasteiger partial charge in [-0.05, 0) is 18.8 Å². The van der Waals surface area contributed by atoms with Crippen molar-refractivity contribution in [1.29, 1.82) is 0 Å². The molecule has 2 rings (SSSR count). The van der Waals surface area contributed by atoms with Crippen molar-refractivity contribution >= 4 is 5.97 Å². The highest BCUT2D eigenvalue weighted by Gasteiger charge is 2.28. The van der Waals surface area contributed by atoms with Crippen molar-refractivity contribution in [3.63, 3.8) is 0 Å². The van der Waals surface area contributed by atoms with Crippen LogP contribution in [-0.4, -0.2) is 22.2 Å². The van der Waals surface area contributed by atoms with E-state index in [1.807, 2.05) is 13.8 Å². The molecule has 1 aliphatic carbocycles. The number of carboxylic acids is 1. The summed E-state index contributed by atoms with van der Waals surface area (Å²) in [7, 11) is 0. The van der Waals surface area contributed by atoms with E-state index in [9.17, 15) is 4.79 Å². The quantitative estimate of drug-likeness (QED) is 0.848. The third kappa shape index (κ3) is 2.15. The minimum atomic E-state index is -0.981. The van der Waals surface area contributed by atoms with Gasteiger partial charge in [0.2, 0.25) is 0 Å². The minimum absolute atomic E-state index is 0.165. The van der Waals surface area contributed by atoms with E-state index in [0.29, 0.717) is 5.75 Å². The molecule has 0 aromatic carbocycles. The van der Waals surface area contributed by atoms with E-state index in [2.05, 4.69) is 4.98 Å². The predicted octanol–water partition coefficient (Wildman–Crippen LogP) is 2.44. The van der Waals surface area contributed by atoms with Crippen LogP contribution in [0.15, 0.2) is 12.4 Å². The highest BCUT2D eigenvalue weighted by atomic mass is 16.5. The first kappa shape index (κ1) is 10.9. The van der Waals surface area contributed by atoms with Crippen LogP contribution in [0, 0.1) is 0 Å². The van der Waals surface area contributed by atoms with Gasteiger partial charge in [0.1, 0.15) is 11.3 Å². The van der Waals surface area contributed by atoms with E-state index < -0.39 is 5.97 Å². The lowest BCUT2D eigenvalue weighted by molar-refractivity contribution is 0.0691. The molecule has 86 valence electrons. The summed E-state index contributed by atoms with van der Waals surface area (Å²) in [6.45, 7) is 4.00. The molecule has 0 unspecified atom stereocenters. The molecule has 0 saturated heterocycles. The smallest absolute Gasteiger partial charge is 0.341 e. The molecule has 1 heterocycles. The Morgan fingerprint density at radius 1 is 1.50 bits per heavy atom. The number of hydrogen-bond donors (Lipinski definition) is 1. The molecule has 1 fully saturated rings. The van der Waals surface area contributed by atoms with E-state index in [1.165, 1.54) is 6.20 Å². The molecule has 0 bridgehead atoms. The van der Waals surface area contributed by atoms with Gasteiger partial charge in [-0.25, -0.2) is 4.79 Å². The molecule has 0 atom stereocenters. The Balaban J connectivity index is 2.42. The number of aromatic nitrogens is 1. The largest absolute Gasteiger partial charge is 0.489 e. The molecule has 1 aromatic heterocycles. The lowest BCUT2D eigenvalue weighted by Gasteiger charge is -2.15. The molecule has 16 heavy (non-hydrogen) atoms. The van der Waals surface area contributed by atoms with Gasteiger partial charge < -0.3 is 9.84 Å². The summed E-state index contributed by atoms with van der Waals surface area (Å²) in [4.78, 5) is 15.0. The Kier molecular flexibility index (Phi) is 2.81. The maximum Gasteiger partial charge on any atom is 0.341 e. The maximum absolute atomic E-state index is 11.1. The number of carbonyl (C=O) groups is 1. The Morgan fingerprint density at radius 3 is 2.69 bits per heavy atom. The van der Waals surface area contributed by atoms with Crippen LogP contribution in [0.4, 0.5) is 0 Å². The van der Waals surface area contributed by atoms with Crippen molar-refractivity contribution in [2.75, 3.05) is 0 Å². The molecular formula is C12H15NO3. The van der Waals surface area contributed by atoms with Crippen LogP contribution in [0.3, 0.4) is 0 Å². The molecule has 1 N–H and O–H groups in total. The second kappa shape index (κ2) is 4.12. The van der Waals surface area contributed by atoms with E-state index in [1.54, 1.807) is 6.20 Å². The van der Waals surface area contributed by atoms with E-state index in [4.69, 9.17) is 9.84 Å². The van der Waals surface area contributed by atoms with Crippen LogP contribution in [0.2, 0.25) is 0 Å². The average Bonchev–Trinajstić information content (AvgIpc) is 3.01. The molecule has 1 aliphatic rings. The summed E-state index contributed by atoms with van der Waals surface area (Å²) in [5.74, 6) is -0.272. The van der Waals surface area contributed by atoms with Gasteiger partial charge in [-0.15, -0.1) is 0 Å². The second-order valence-corrected chi connectivity index (χ2v) is 4.38. The van der Waals surface area contributed by atoms with Crippen LogP contribution < -0.4 is 4.74 Å². The van der Waals surface area contributed by atoms with Crippen molar-refractivity contribution in [2.45, 2.75) is 38.7 Å². The number of pyridine rings is 1. The van der Waals surface area contributed by atoms with Gasteiger partial charge >= 0.3 is 5.97 Å². The van der Waals surface area contributed by atoms with Gasteiger partial charge in [0, 0.05) is 18.0 Å². The first-order chi connectivity index (χ1) is 7.59. The molecule has 1 aromatic rings. The SMILES string of the molecule is CC(C)c1cncc(C(=O)O)c1OC1CC1. The number of ether oxygens (including phenoxy) is 1. The number of nitrogens with zero attached hydrogens (tertiary/aromatic N) is 1. The van der Waals surface area contributed by atoms with Crippen molar-refractivity contribution in [3.8, 4) is 5.75 Å². The fraction of sp³-hybridized carbons (Fsp3) is 0.500. The van der Waals surface area contributed by atoms with Crippen molar-refractivity contribution < 1.29 is 14.6 Å². The highest BCUT2D eigenvalue weighted by Crippen LogP contribution is 2.34. The normalized spacial score (nSPS) is 15.2. The highest BCUT2D eigenvalue weighted by molar-refractivity contribution is 5.91. The standard InChI is InChI=1S/C12H15NO3/c1-7(2)9-5-13-6-10(12(14)15)11(9)16-8-3-4-8/h5-8H,3-4H2,1-2H3,(H,14,15). The number of hydrogen-bond acceptors (Lipinski definition) is 3.